The van der Waals surface area contributed by atoms with Crippen LogP contribution < -0.4 is 5.32 Å². The number of benzene rings is 1. The monoisotopic (exact) mass is 254 g/mol. The molecule has 0 fully saturated rings. The van der Waals surface area contributed by atoms with Crippen LogP contribution >= 0.6 is 15.9 Å². The smallest absolute Gasteiger partial charge is 0.209 e. The van der Waals surface area contributed by atoms with Crippen LogP contribution in [0.15, 0.2) is 27.1 Å². The van der Waals surface area contributed by atoms with Gasteiger partial charge in [-0.2, -0.15) is 0 Å². The number of aromatic nitrogens is 1. The van der Waals surface area contributed by atoms with Crippen molar-refractivity contribution in [2.75, 3.05) is 6.54 Å². The van der Waals surface area contributed by atoms with Crippen LogP contribution in [0.25, 0.3) is 11.1 Å². The van der Waals surface area contributed by atoms with Crippen molar-refractivity contribution in [2.24, 2.45) is 0 Å². The molecule has 0 saturated heterocycles. The summed E-state index contributed by atoms with van der Waals surface area (Å²) >= 11 is 3.40. The molecule has 0 bridgehead atoms. The summed E-state index contributed by atoms with van der Waals surface area (Å²) in [6, 6.07) is 5.82. The van der Waals surface area contributed by atoms with Crippen molar-refractivity contribution in [3.05, 3.63) is 28.6 Å². The number of hydrogen-bond donors (Lipinski definition) is 1. The molecule has 74 valence electrons. The summed E-state index contributed by atoms with van der Waals surface area (Å²) in [6.07, 6.45) is 0. The Bertz CT molecular complexity index is 439. The second-order valence-corrected chi connectivity index (χ2v) is 3.92. The van der Waals surface area contributed by atoms with Gasteiger partial charge in [0, 0.05) is 4.47 Å². The quantitative estimate of drug-likeness (QED) is 0.916. The Morgan fingerprint density at radius 3 is 3.14 bits per heavy atom. The molecule has 3 nitrogen and oxygen atoms in total. The zero-order chi connectivity index (χ0) is 9.97. The van der Waals surface area contributed by atoms with E-state index in [4.69, 9.17) is 4.42 Å². The van der Waals surface area contributed by atoms with Gasteiger partial charge in [-0.3, -0.25) is 0 Å². The van der Waals surface area contributed by atoms with Crippen LogP contribution in [0.3, 0.4) is 0 Å². The van der Waals surface area contributed by atoms with Crippen molar-refractivity contribution < 1.29 is 4.42 Å². The van der Waals surface area contributed by atoms with E-state index in [1.54, 1.807) is 0 Å². The van der Waals surface area contributed by atoms with Crippen molar-refractivity contribution in [1.82, 2.24) is 10.3 Å². The zero-order valence-corrected chi connectivity index (χ0v) is 9.47. The number of oxazole rings is 1. The van der Waals surface area contributed by atoms with Crippen LogP contribution in [0, 0.1) is 0 Å². The van der Waals surface area contributed by atoms with E-state index in [-0.39, 0.29) is 0 Å². The van der Waals surface area contributed by atoms with E-state index in [0.29, 0.717) is 6.54 Å². The molecule has 0 atom stereocenters. The maximum absolute atomic E-state index is 5.53. The van der Waals surface area contributed by atoms with Gasteiger partial charge in [-0.1, -0.05) is 22.9 Å². The minimum absolute atomic E-state index is 0.683. The molecular formula is C10H11BrN2O. The standard InChI is InChI=1S/C10H11BrN2O/c1-2-12-6-10-13-8-5-7(11)3-4-9(8)14-10/h3-5,12H,2,6H2,1H3. The first-order valence-corrected chi connectivity index (χ1v) is 5.34. The first-order chi connectivity index (χ1) is 6.79. The summed E-state index contributed by atoms with van der Waals surface area (Å²) < 4.78 is 6.55. The average Bonchev–Trinajstić information content (AvgIpc) is 2.56. The maximum Gasteiger partial charge on any atom is 0.209 e. The lowest BCUT2D eigenvalue weighted by Gasteiger charge is -1.93. The van der Waals surface area contributed by atoms with Gasteiger partial charge in [-0.05, 0) is 24.7 Å². The Morgan fingerprint density at radius 2 is 2.36 bits per heavy atom. The van der Waals surface area contributed by atoms with Gasteiger partial charge in [0.2, 0.25) is 5.89 Å². The van der Waals surface area contributed by atoms with Crippen LogP contribution in [-0.4, -0.2) is 11.5 Å². The molecule has 0 spiro atoms. The van der Waals surface area contributed by atoms with Crippen molar-refractivity contribution in [1.29, 1.82) is 0 Å². The molecule has 0 aliphatic rings. The van der Waals surface area contributed by atoms with E-state index in [9.17, 15) is 0 Å². The molecule has 1 N–H and O–H groups in total. The third kappa shape index (κ3) is 1.96. The van der Waals surface area contributed by atoms with Crippen molar-refractivity contribution in [3.8, 4) is 0 Å². The van der Waals surface area contributed by atoms with Crippen molar-refractivity contribution in [3.63, 3.8) is 0 Å². The predicted molar refractivity (Wildman–Crippen MR) is 59.1 cm³/mol. The minimum Gasteiger partial charge on any atom is -0.439 e. The van der Waals surface area contributed by atoms with Gasteiger partial charge in [0.15, 0.2) is 5.58 Å². The summed E-state index contributed by atoms with van der Waals surface area (Å²) in [7, 11) is 0. The topological polar surface area (TPSA) is 38.1 Å². The van der Waals surface area contributed by atoms with Crippen molar-refractivity contribution in [2.45, 2.75) is 13.5 Å². The third-order valence-corrected chi connectivity index (χ3v) is 2.41. The van der Waals surface area contributed by atoms with E-state index in [2.05, 4.69) is 33.2 Å². The number of halogens is 1. The lowest BCUT2D eigenvalue weighted by atomic mass is 10.3. The van der Waals surface area contributed by atoms with Crippen LogP contribution in [0.2, 0.25) is 0 Å². The summed E-state index contributed by atoms with van der Waals surface area (Å²) in [5.74, 6) is 0.736. The third-order valence-electron chi connectivity index (χ3n) is 1.92. The molecule has 4 heteroatoms. The highest BCUT2D eigenvalue weighted by molar-refractivity contribution is 9.10. The molecule has 2 rings (SSSR count). The van der Waals surface area contributed by atoms with Gasteiger partial charge in [0.05, 0.1) is 6.54 Å². The van der Waals surface area contributed by atoms with Crippen LogP contribution in [0.5, 0.6) is 0 Å². The van der Waals surface area contributed by atoms with Gasteiger partial charge in [0.25, 0.3) is 0 Å². The molecule has 0 unspecified atom stereocenters. The van der Waals surface area contributed by atoms with E-state index in [0.717, 1.165) is 28.0 Å². The summed E-state index contributed by atoms with van der Waals surface area (Å²) in [6.45, 7) is 3.66. The van der Waals surface area contributed by atoms with Gasteiger partial charge >= 0.3 is 0 Å². The number of rotatable bonds is 3. The molecule has 0 aliphatic carbocycles. The number of fused-ring (bicyclic) bond motifs is 1. The Balaban J connectivity index is 2.32. The molecular weight excluding hydrogens is 244 g/mol. The zero-order valence-electron chi connectivity index (χ0n) is 7.88. The van der Waals surface area contributed by atoms with Gasteiger partial charge in [0.1, 0.15) is 5.52 Å². The Kier molecular flexibility index (Phi) is 2.84. The molecule has 0 radical (unpaired) electrons. The van der Waals surface area contributed by atoms with Crippen molar-refractivity contribution >= 4 is 27.0 Å². The fourth-order valence-electron chi connectivity index (χ4n) is 1.26. The largest absolute Gasteiger partial charge is 0.439 e. The van der Waals surface area contributed by atoms with Crippen LogP contribution in [-0.2, 0) is 6.54 Å². The lowest BCUT2D eigenvalue weighted by Crippen LogP contribution is -2.11. The molecule has 1 heterocycles. The Morgan fingerprint density at radius 1 is 1.50 bits per heavy atom. The highest BCUT2D eigenvalue weighted by Gasteiger charge is 2.04. The molecule has 0 amide bonds. The molecule has 1 aromatic carbocycles. The second kappa shape index (κ2) is 4.11. The Labute approximate surface area is 90.6 Å². The first-order valence-electron chi connectivity index (χ1n) is 4.55. The highest BCUT2D eigenvalue weighted by Crippen LogP contribution is 2.20. The maximum atomic E-state index is 5.53. The summed E-state index contributed by atoms with van der Waals surface area (Å²) in [4.78, 5) is 4.35. The van der Waals surface area contributed by atoms with E-state index >= 15 is 0 Å². The van der Waals surface area contributed by atoms with Crippen LogP contribution in [0.1, 0.15) is 12.8 Å². The number of hydrogen-bond acceptors (Lipinski definition) is 3. The van der Waals surface area contributed by atoms with Gasteiger partial charge < -0.3 is 9.73 Å². The highest BCUT2D eigenvalue weighted by atomic mass is 79.9. The first kappa shape index (κ1) is 9.68. The number of nitrogens with one attached hydrogen (secondary N) is 1. The summed E-state index contributed by atoms with van der Waals surface area (Å²) in [5.41, 5.74) is 1.73. The van der Waals surface area contributed by atoms with E-state index in [1.165, 1.54) is 0 Å². The van der Waals surface area contributed by atoms with E-state index in [1.807, 2.05) is 18.2 Å². The molecule has 2 aromatic rings. The second-order valence-electron chi connectivity index (χ2n) is 3.00. The fraction of sp³-hybridized carbons (Fsp3) is 0.300. The van der Waals surface area contributed by atoms with E-state index < -0.39 is 0 Å². The molecule has 14 heavy (non-hydrogen) atoms. The minimum atomic E-state index is 0.683. The Hall–Kier alpha value is -0.870. The van der Waals surface area contributed by atoms with Gasteiger partial charge in [-0.15, -0.1) is 0 Å². The van der Waals surface area contributed by atoms with Gasteiger partial charge in [-0.25, -0.2) is 4.98 Å². The lowest BCUT2D eigenvalue weighted by molar-refractivity contribution is 0.501. The normalized spacial score (nSPS) is 11.0. The fourth-order valence-corrected chi connectivity index (χ4v) is 1.60. The summed E-state index contributed by atoms with van der Waals surface area (Å²) in [5, 5.41) is 3.17. The average molecular weight is 255 g/mol. The molecule has 1 aromatic heterocycles. The van der Waals surface area contributed by atoms with Crippen LogP contribution in [0.4, 0.5) is 0 Å². The number of nitrogens with zero attached hydrogens (tertiary/aromatic N) is 1. The molecule has 0 aliphatic heterocycles. The molecule has 0 saturated carbocycles. The SMILES string of the molecule is CCNCc1nc2cc(Br)ccc2o1. The predicted octanol–water partition coefficient (Wildman–Crippen LogP) is 2.70.